The second-order valence-electron chi connectivity index (χ2n) is 4.61. The van der Waals surface area contributed by atoms with Gasteiger partial charge in [-0.05, 0) is 37.5 Å². The maximum absolute atomic E-state index is 12.4. The van der Waals surface area contributed by atoms with E-state index in [1.807, 2.05) is 6.92 Å². The summed E-state index contributed by atoms with van der Waals surface area (Å²) < 4.78 is 26.2. The van der Waals surface area contributed by atoms with Crippen LogP contribution in [0.1, 0.15) is 18.4 Å². The molecule has 0 amide bonds. The van der Waals surface area contributed by atoms with Gasteiger partial charge in [0.1, 0.15) is 0 Å². The monoisotopic (exact) mass is 270 g/mol. The van der Waals surface area contributed by atoms with Gasteiger partial charge in [-0.3, -0.25) is 0 Å². The lowest BCUT2D eigenvalue weighted by Crippen LogP contribution is -2.37. The zero-order valence-corrected chi connectivity index (χ0v) is 11.2. The Morgan fingerprint density at radius 2 is 2.22 bits per heavy atom. The molecule has 1 fully saturated rings. The van der Waals surface area contributed by atoms with Crippen molar-refractivity contribution in [2.75, 3.05) is 18.9 Å². The van der Waals surface area contributed by atoms with Gasteiger partial charge < -0.3 is 10.8 Å². The van der Waals surface area contributed by atoms with Crippen LogP contribution < -0.4 is 5.73 Å². The number of anilines is 1. The summed E-state index contributed by atoms with van der Waals surface area (Å²) in [4.78, 5) is 0.200. The van der Waals surface area contributed by atoms with Crippen molar-refractivity contribution in [1.29, 1.82) is 0 Å². The second-order valence-corrected chi connectivity index (χ2v) is 6.50. The van der Waals surface area contributed by atoms with Gasteiger partial charge in [-0.15, -0.1) is 0 Å². The summed E-state index contributed by atoms with van der Waals surface area (Å²) in [6, 6.07) is 4.44. The van der Waals surface area contributed by atoms with E-state index in [0.717, 1.165) is 12.0 Å². The van der Waals surface area contributed by atoms with Crippen LogP contribution in [-0.2, 0) is 10.0 Å². The lowest BCUT2D eigenvalue weighted by atomic mass is 10.2. The Kier molecular flexibility index (Phi) is 3.61. The van der Waals surface area contributed by atoms with Crippen LogP contribution in [0.2, 0.25) is 0 Å². The van der Waals surface area contributed by atoms with E-state index in [1.165, 1.54) is 10.4 Å². The number of benzene rings is 1. The van der Waals surface area contributed by atoms with Crippen molar-refractivity contribution in [2.45, 2.75) is 30.7 Å². The highest BCUT2D eigenvalue weighted by Crippen LogP contribution is 2.27. The van der Waals surface area contributed by atoms with Crippen LogP contribution >= 0.6 is 0 Å². The van der Waals surface area contributed by atoms with E-state index in [-0.39, 0.29) is 17.5 Å². The molecule has 0 aromatic heterocycles. The number of hydrogen-bond acceptors (Lipinski definition) is 4. The molecule has 1 aromatic rings. The summed E-state index contributed by atoms with van der Waals surface area (Å²) in [6.07, 6.45) is 1.49. The maximum Gasteiger partial charge on any atom is 0.243 e. The van der Waals surface area contributed by atoms with Crippen molar-refractivity contribution in [3.8, 4) is 0 Å². The molecular weight excluding hydrogens is 252 g/mol. The number of nitrogen functional groups attached to an aromatic ring is 1. The predicted octanol–water partition coefficient (Wildman–Crippen LogP) is 0.723. The molecule has 0 bridgehead atoms. The average molecular weight is 270 g/mol. The molecule has 0 aliphatic carbocycles. The largest absolute Gasteiger partial charge is 0.398 e. The van der Waals surface area contributed by atoms with Crippen LogP contribution in [0.25, 0.3) is 0 Å². The highest BCUT2D eigenvalue weighted by Gasteiger charge is 2.34. The van der Waals surface area contributed by atoms with E-state index in [0.29, 0.717) is 18.7 Å². The Balaban J connectivity index is 2.38. The van der Waals surface area contributed by atoms with Crippen molar-refractivity contribution in [3.63, 3.8) is 0 Å². The summed E-state index contributed by atoms with van der Waals surface area (Å²) in [5, 5.41) is 9.21. The van der Waals surface area contributed by atoms with Gasteiger partial charge in [0.25, 0.3) is 0 Å². The molecule has 1 aromatic carbocycles. The molecule has 2 rings (SSSR count). The van der Waals surface area contributed by atoms with E-state index >= 15 is 0 Å². The molecule has 0 radical (unpaired) electrons. The number of aliphatic hydroxyl groups is 1. The molecule has 3 N–H and O–H groups in total. The first-order valence-corrected chi connectivity index (χ1v) is 7.39. The van der Waals surface area contributed by atoms with Gasteiger partial charge in [0.15, 0.2) is 0 Å². The summed E-state index contributed by atoms with van der Waals surface area (Å²) in [5.74, 6) is 0. The molecule has 1 heterocycles. The Bertz CT molecular complexity index is 542. The summed E-state index contributed by atoms with van der Waals surface area (Å²) >= 11 is 0. The molecule has 1 aliphatic rings. The summed E-state index contributed by atoms with van der Waals surface area (Å²) in [6.45, 7) is 2.15. The number of aliphatic hydroxyl groups excluding tert-OH is 1. The third-order valence-electron chi connectivity index (χ3n) is 3.39. The highest BCUT2D eigenvalue weighted by molar-refractivity contribution is 7.89. The Morgan fingerprint density at radius 3 is 2.83 bits per heavy atom. The molecule has 0 spiro atoms. The van der Waals surface area contributed by atoms with E-state index in [4.69, 9.17) is 5.73 Å². The third kappa shape index (κ3) is 2.23. The summed E-state index contributed by atoms with van der Waals surface area (Å²) in [5.41, 5.74) is 7.07. The fourth-order valence-corrected chi connectivity index (χ4v) is 3.94. The molecule has 18 heavy (non-hydrogen) atoms. The Labute approximate surface area is 107 Å². The van der Waals surface area contributed by atoms with Gasteiger partial charge in [0.05, 0.1) is 11.5 Å². The van der Waals surface area contributed by atoms with E-state index in [1.54, 1.807) is 12.1 Å². The molecule has 1 atom stereocenters. The van der Waals surface area contributed by atoms with Gasteiger partial charge in [-0.2, -0.15) is 4.31 Å². The molecule has 1 saturated heterocycles. The van der Waals surface area contributed by atoms with Crippen LogP contribution in [0, 0.1) is 6.92 Å². The fraction of sp³-hybridized carbons (Fsp3) is 0.500. The van der Waals surface area contributed by atoms with Crippen LogP contribution in [0.4, 0.5) is 5.69 Å². The van der Waals surface area contributed by atoms with Crippen molar-refractivity contribution in [2.24, 2.45) is 0 Å². The van der Waals surface area contributed by atoms with Crippen LogP contribution in [0.15, 0.2) is 23.1 Å². The number of sulfonamides is 1. The quantitative estimate of drug-likeness (QED) is 0.793. The fourth-order valence-electron chi connectivity index (χ4n) is 2.22. The van der Waals surface area contributed by atoms with Crippen molar-refractivity contribution in [3.05, 3.63) is 23.8 Å². The SMILES string of the molecule is Cc1ccc(S(=O)(=O)N2CCC[C@@H]2CO)cc1N. The highest BCUT2D eigenvalue weighted by atomic mass is 32.2. The van der Waals surface area contributed by atoms with Crippen molar-refractivity contribution < 1.29 is 13.5 Å². The van der Waals surface area contributed by atoms with Crippen LogP contribution in [0.5, 0.6) is 0 Å². The minimum atomic E-state index is -3.55. The van der Waals surface area contributed by atoms with Crippen LogP contribution in [0.3, 0.4) is 0 Å². The maximum atomic E-state index is 12.4. The van der Waals surface area contributed by atoms with Crippen LogP contribution in [-0.4, -0.2) is 37.0 Å². The smallest absolute Gasteiger partial charge is 0.243 e. The lowest BCUT2D eigenvalue weighted by molar-refractivity contribution is 0.213. The Hall–Kier alpha value is -1.11. The third-order valence-corrected chi connectivity index (χ3v) is 5.34. The molecule has 0 unspecified atom stereocenters. The first-order valence-electron chi connectivity index (χ1n) is 5.95. The summed E-state index contributed by atoms with van der Waals surface area (Å²) in [7, 11) is -3.55. The number of rotatable bonds is 3. The predicted molar refractivity (Wildman–Crippen MR) is 69.6 cm³/mol. The Morgan fingerprint density at radius 1 is 1.50 bits per heavy atom. The standard InChI is InChI=1S/C12H18N2O3S/c1-9-4-5-11(7-12(9)13)18(16,17)14-6-2-3-10(14)8-15/h4-5,7,10,15H,2-3,6,8,13H2,1H3/t10-/m1/s1. The number of nitrogens with two attached hydrogens (primary N) is 1. The average Bonchev–Trinajstić information content (AvgIpc) is 2.81. The van der Waals surface area contributed by atoms with Gasteiger partial charge in [0.2, 0.25) is 10.0 Å². The molecular formula is C12H18N2O3S. The first-order chi connectivity index (χ1) is 8.46. The van der Waals surface area contributed by atoms with Gasteiger partial charge in [-0.1, -0.05) is 6.07 Å². The van der Waals surface area contributed by atoms with E-state index in [2.05, 4.69) is 0 Å². The topological polar surface area (TPSA) is 83.6 Å². The molecule has 1 aliphatic heterocycles. The van der Waals surface area contributed by atoms with Gasteiger partial charge >= 0.3 is 0 Å². The van der Waals surface area contributed by atoms with E-state index < -0.39 is 10.0 Å². The zero-order chi connectivity index (χ0) is 13.3. The first kappa shape index (κ1) is 13.3. The molecule has 0 saturated carbocycles. The molecule has 100 valence electrons. The van der Waals surface area contributed by atoms with Crippen molar-refractivity contribution in [1.82, 2.24) is 4.31 Å². The zero-order valence-electron chi connectivity index (χ0n) is 10.3. The van der Waals surface area contributed by atoms with Gasteiger partial charge in [0, 0.05) is 18.3 Å². The minimum Gasteiger partial charge on any atom is -0.398 e. The number of aryl methyl sites for hydroxylation is 1. The molecule has 5 nitrogen and oxygen atoms in total. The molecule has 6 heteroatoms. The van der Waals surface area contributed by atoms with Crippen molar-refractivity contribution >= 4 is 15.7 Å². The van der Waals surface area contributed by atoms with E-state index in [9.17, 15) is 13.5 Å². The minimum absolute atomic E-state index is 0.138. The second kappa shape index (κ2) is 4.87. The van der Waals surface area contributed by atoms with Gasteiger partial charge in [-0.25, -0.2) is 8.42 Å². The number of hydrogen-bond donors (Lipinski definition) is 2. The lowest BCUT2D eigenvalue weighted by Gasteiger charge is -2.22. The normalized spacial score (nSPS) is 21.3. The number of nitrogens with zero attached hydrogens (tertiary/aromatic N) is 1.